The van der Waals surface area contributed by atoms with Crippen LogP contribution < -0.4 is 11.1 Å². The molecule has 0 saturated carbocycles. The fourth-order valence-electron chi connectivity index (χ4n) is 1.94. The lowest BCUT2D eigenvalue weighted by Gasteiger charge is -2.33. The van der Waals surface area contributed by atoms with Gasteiger partial charge in [-0.25, -0.2) is 4.79 Å². The van der Waals surface area contributed by atoms with Crippen LogP contribution in [0.5, 0.6) is 0 Å². The monoisotopic (exact) mass is 297 g/mol. The maximum absolute atomic E-state index is 11.2. The SMILES string of the molecule is CC(C)(C)N(Cc1nnn(C[C@H]2NC(=O)[C@H]2N)n1)C(=O)O. The molecule has 21 heavy (non-hydrogen) atoms. The van der Waals surface area contributed by atoms with Gasteiger partial charge in [0.2, 0.25) is 5.91 Å². The van der Waals surface area contributed by atoms with E-state index in [1.54, 1.807) is 20.8 Å². The van der Waals surface area contributed by atoms with E-state index in [1.165, 1.54) is 9.70 Å². The smallest absolute Gasteiger partial charge is 0.408 e. The summed E-state index contributed by atoms with van der Waals surface area (Å²) in [5.41, 5.74) is 5.04. The van der Waals surface area contributed by atoms with Crippen molar-refractivity contribution in [3.63, 3.8) is 0 Å². The van der Waals surface area contributed by atoms with Crippen molar-refractivity contribution in [2.75, 3.05) is 0 Å². The minimum absolute atomic E-state index is 0.0436. The molecule has 1 aromatic rings. The maximum Gasteiger partial charge on any atom is 0.408 e. The Hall–Kier alpha value is -2.23. The quantitative estimate of drug-likeness (QED) is 0.592. The van der Waals surface area contributed by atoms with Crippen LogP contribution in [0.3, 0.4) is 0 Å². The minimum Gasteiger partial charge on any atom is -0.465 e. The molecule has 2 atom stereocenters. The molecule has 0 aromatic carbocycles. The average molecular weight is 297 g/mol. The van der Waals surface area contributed by atoms with Crippen molar-refractivity contribution < 1.29 is 14.7 Å². The molecule has 0 aliphatic carbocycles. The first-order valence-corrected chi connectivity index (χ1v) is 6.51. The summed E-state index contributed by atoms with van der Waals surface area (Å²) in [7, 11) is 0. The van der Waals surface area contributed by atoms with E-state index in [-0.39, 0.29) is 18.5 Å². The Morgan fingerprint density at radius 3 is 2.67 bits per heavy atom. The molecule has 0 unspecified atom stereocenters. The lowest BCUT2D eigenvalue weighted by Crippen LogP contribution is -2.68. The zero-order chi connectivity index (χ0) is 15.8. The number of tetrazole rings is 1. The Morgan fingerprint density at radius 1 is 1.52 bits per heavy atom. The van der Waals surface area contributed by atoms with Gasteiger partial charge in [0.25, 0.3) is 0 Å². The molecule has 116 valence electrons. The van der Waals surface area contributed by atoms with Crippen molar-refractivity contribution in [2.24, 2.45) is 5.73 Å². The summed E-state index contributed by atoms with van der Waals surface area (Å²) in [6, 6.07) is -0.790. The first kappa shape index (κ1) is 15.2. The van der Waals surface area contributed by atoms with Crippen molar-refractivity contribution in [3.05, 3.63) is 5.82 Å². The van der Waals surface area contributed by atoms with Crippen LogP contribution in [0.25, 0.3) is 0 Å². The molecule has 0 radical (unpaired) electrons. The highest BCUT2D eigenvalue weighted by Gasteiger charge is 2.36. The van der Waals surface area contributed by atoms with Gasteiger partial charge in [0, 0.05) is 5.54 Å². The molecule has 1 aliphatic heterocycles. The largest absolute Gasteiger partial charge is 0.465 e. The van der Waals surface area contributed by atoms with E-state index in [4.69, 9.17) is 5.73 Å². The van der Waals surface area contributed by atoms with Gasteiger partial charge in [-0.05, 0) is 26.0 Å². The van der Waals surface area contributed by atoms with E-state index >= 15 is 0 Å². The second-order valence-corrected chi connectivity index (χ2v) is 5.94. The van der Waals surface area contributed by atoms with E-state index in [9.17, 15) is 14.7 Å². The number of amides is 2. The molecule has 0 spiro atoms. The van der Waals surface area contributed by atoms with Crippen LogP contribution in [0.15, 0.2) is 0 Å². The number of carboxylic acid groups (broad SMARTS) is 1. The highest BCUT2D eigenvalue weighted by Crippen LogP contribution is 2.15. The average Bonchev–Trinajstić information content (AvgIpc) is 2.81. The number of nitrogens with zero attached hydrogens (tertiary/aromatic N) is 5. The topological polar surface area (TPSA) is 139 Å². The number of β-lactam (4-membered cyclic amide) rings is 1. The number of rotatable bonds is 4. The molecule has 2 heterocycles. The normalized spacial score (nSPS) is 21.6. The van der Waals surface area contributed by atoms with Crippen molar-refractivity contribution in [2.45, 2.75) is 51.5 Å². The summed E-state index contributed by atoms with van der Waals surface area (Å²) in [4.78, 5) is 24.8. The lowest BCUT2D eigenvalue weighted by molar-refractivity contribution is -0.130. The molecule has 10 heteroatoms. The third kappa shape index (κ3) is 3.27. The molecule has 0 bridgehead atoms. The summed E-state index contributed by atoms with van der Waals surface area (Å²) in [5.74, 6) is 0.0941. The van der Waals surface area contributed by atoms with Crippen LogP contribution in [-0.2, 0) is 17.9 Å². The van der Waals surface area contributed by atoms with Gasteiger partial charge >= 0.3 is 6.09 Å². The zero-order valence-corrected chi connectivity index (χ0v) is 12.1. The van der Waals surface area contributed by atoms with Crippen molar-refractivity contribution in [1.29, 1.82) is 0 Å². The van der Waals surface area contributed by atoms with Gasteiger partial charge in [0.15, 0.2) is 5.82 Å². The fourth-order valence-corrected chi connectivity index (χ4v) is 1.94. The van der Waals surface area contributed by atoms with Crippen LogP contribution in [0.2, 0.25) is 0 Å². The third-order valence-electron chi connectivity index (χ3n) is 3.26. The standard InChI is InChI=1S/C11H19N7O3/c1-11(2,3)17(10(20)21)5-7-14-16-18(15-7)4-6-8(12)9(19)13-6/h6,8H,4-5,12H2,1-3H3,(H,13,19)(H,20,21)/t6-,8+/m1/s1. The third-order valence-corrected chi connectivity index (χ3v) is 3.26. The van der Waals surface area contributed by atoms with Gasteiger partial charge in [-0.1, -0.05) is 0 Å². The second-order valence-electron chi connectivity index (χ2n) is 5.94. The molecule has 1 fully saturated rings. The Balaban J connectivity index is 1.99. The van der Waals surface area contributed by atoms with Gasteiger partial charge in [-0.2, -0.15) is 4.80 Å². The summed E-state index contributed by atoms with van der Waals surface area (Å²) in [5, 5.41) is 23.6. The van der Waals surface area contributed by atoms with E-state index < -0.39 is 17.7 Å². The first-order valence-electron chi connectivity index (χ1n) is 6.51. The summed E-state index contributed by atoms with van der Waals surface area (Å²) >= 11 is 0. The highest BCUT2D eigenvalue weighted by atomic mass is 16.4. The predicted molar refractivity (Wildman–Crippen MR) is 71.0 cm³/mol. The molecule has 1 saturated heterocycles. The van der Waals surface area contributed by atoms with Crippen LogP contribution in [0.4, 0.5) is 4.79 Å². The molecule has 10 nitrogen and oxygen atoms in total. The van der Waals surface area contributed by atoms with E-state index in [2.05, 4.69) is 20.7 Å². The Morgan fingerprint density at radius 2 is 2.19 bits per heavy atom. The van der Waals surface area contributed by atoms with Crippen LogP contribution in [-0.4, -0.2) is 59.8 Å². The lowest BCUT2D eigenvalue weighted by atomic mass is 10.0. The van der Waals surface area contributed by atoms with Gasteiger partial charge in [0.1, 0.15) is 6.04 Å². The zero-order valence-electron chi connectivity index (χ0n) is 12.1. The molecule has 1 aromatic heterocycles. The number of nitrogens with one attached hydrogen (secondary N) is 1. The fraction of sp³-hybridized carbons (Fsp3) is 0.727. The second kappa shape index (κ2) is 5.28. The van der Waals surface area contributed by atoms with Gasteiger partial charge in [-0.3, -0.25) is 9.69 Å². The van der Waals surface area contributed by atoms with Gasteiger partial charge < -0.3 is 16.2 Å². The minimum atomic E-state index is -1.05. The summed E-state index contributed by atoms with van der Waals surface area (Å²) < 4.78 is 0. The van der Waals surface area contributed by atoms with Crippen LogP contribution in [0, 0.1) is 0 Å². The van der Waals surface area contributed by atoms with E-state index in [0.717, 1.165) is 0 Å². The van der Waals surface area contributed by atoms with Crippen molar-refractivity contribution in [3.8, 4) is 0 Å². The first-order chi connectivity index (χ1) is 9.68. The maximum atomic E-state index is 11.2. The number of carbonyl (C=O) groups is 2. The van der Waals surface area contributed by atoms with Gasteiger partial charge in [-0.15, -0.1) is 10.2 Å². The highest BCUT2D eigenvalue weighted by molar-refractivity contribution is 5.88. The summed E-state index contributed by atoms with van der Waals surface area (Å²) in [6.07, 6.45) is -1.05. The van der Waals surface area contributed by atoms with Crippen LogP contribution in [0.1, 0.15) is 26.6 Å². The Kier molecular flexibility index (Phi) is 3.81. The number of nitrogens with two attached hydrogens (primary N) is 1. The number of aromatic nitrogens is 4. The van der Waals surface area contributed by atoms with Crippen molar-refractivity contribution >= 4 is 12.0 Å². The van der Waals surface area contributed by atoms with Gasteiger partial charge in [0.05, 0.1) is 19.1 Å². The molecule has 2 rings (SSSR count). The molecular weight excluding hydrogens is 278 g/mol. The Bertz CT molecular complexity index is 550. The number of carbonyl (C=O) groups excluding carboxylic acids is 1. The predicted octanol–water partition coefficient (Wildman–Crippen LogP) is -1.22. The molecule has 2 amide bonds. The van der Waals surface area contributed by atoms with E-state index in [0.29, 0.717) is 12.4 Å². The summed E-state index contributed by atoms with van der Waals surface area (Å²) in [6.45, 7) is 5.71. The van der Waals surface area contributed by atoms with Crippen molar-refractivity contribution in [1.82, 2.24) is 30.4 Å². The molecule has 1 aliphatic rings. The molecule has 4 N–H and O–H groups in total. The Labute approximate surface area is 121 Å². The van der Waals surface area contributed by atoms with Crippen LogP contribution >= 0.6 is 0 Å². The van der Waals surface area contributed by atoms with E-state index in [1.807, 2.05) is 0 Å². The number of hydrogen-bond donors (Lipinski definition) is 3. The molecular formula is C11H19N7O3. The number of hydrogen-bond acceptors (Lipinski definition) is 6.